The van der Waals surface area contributed by atoms with Crippen LogP contribution in [-0.2, 0) is 9.59 Å². The zero-order chi connectivity index (χ0) is 12.4. The van der Waals surface area contributed by atoms with E-state index in [4.69, 9.17) is 5.11 Å². The summed E-state index contributed by atoms with van der Waals surface area (Å²) in [4.78, 5) is 25.3. The topological polar surface area (TPSA) is 57.6 Å². The molecule has 0 unspecified atom stereocenters. The van der Waals surface area contributed by atoms with Gasteiger partial charge in [0, 0.05) is 13.1 Å². The van der Waals surface area contributed by atoms with Crippen molar-refractivity contribution in [3.05, 3.63) is 0 Å². The van der Waals surface area contributed by atoms with Gasteiger partial charge in [-0.25, -0.2) is 0 Å². The molecule has 4 heteroatoms. The molecule has 0 bridgehead atoms. The van der Waals surface area contributed by atoms with Crippen LogP contribution in [0.15, 0.2) is 0 Å². The number of amides is 1. The minimum absolute atomic E-state index is 0.0734. The largest absolute Gasteiger partial charge is 0.481 e. The molecule has 0 aromatic heterocycles. The quantitative estimate of drug-likeness (QED) is 0.795. The van der Waals surface area contributed by atoms with Crippen LogP contribution in [0.25, 0.3) is 0 Å². The van der Waals surface area contributed by atoms with Crippen molar-refractivity contribution in [1.29, 1.82) is 0 Å². The Bertz CT molecular complexity index is 312. The van der Waals surface area contributed by atoms with E-state index in [1.807, 2.05) is 11.8 Å². The molecule has 96 valence electrons. The number of hydrogen-bond acceptors (Lipinski definition) is 2. The van der Waals surface area contributed by atoms with Crippen molar-refractivity contribution >= 4 is 11.9 Å². The van der Waals surface area contributed by atoms with E-state index >= 15 is 0 Å². The highest BCUT2D eigenvalue weighted by Crippen LogP contribution is 2.35. The van der Waals surface area contributed by atoms with Gasteiger partial charge in [-0.05, 0) is 38.5 Å². The van der Waals surface area contributed by atoms with Gasteiger partial charge in [0.05, 0.1) is 11.8 Å². The minimum Gasteiger partial charge on any atom is -0.481 e. The fourth-order valence-corrected chi connectivity index (χ4v) is 2.77. The van der Waals surface area contributed by atoms with Gasteiger partial charge >= 0.3 is 5.97 Å². The lowest BCUT2D eigenvalue weighted by molar-refractivity contribution is -0.149. The maximum atomic E-state index is 12.3. The molecule has 0 heterocycles. The van der Waals surface area contributed by atoms with Crippen molar-refractivity contribution in [2.75, 3.05) is 13.1 Å². The maximum absolute atomic E-state index is 12.3. The molecule has 0 aliphatic heterocycles. The molecule has 0 aromatic rings. The number of nitrogens with zero attached hydrogens (tertiary/aromatic N) is 1. The second-order valence-corrected chi connectivity index (χ2v) is 5.30. The van der Waals surface area contributed by atoms with Gasteiger partial charge in [0.1, 0.15) is 0 Å². The van der Waals surface area contributed by atoms with Gasteiger partial charge in [-0.1, -0.05) is 6.42 Å². The van der Waals surface area contributed by atoms with E-state index in [1.54, 1.807) is 0 Å². The first kappa shape index (κ1) is 12.4. The Labute approximate surface area is 102 Å². The van der Waals surface area contributed by atoms with Crippen molar-refractivity contribution in [2.45, 2.75) is 39.0 Å². The average molecular weight is 239 g/mol. The summed E-state index contributed by atoms with van der Waals surface area (Å²) in [5.41, 5.74) is 0. The molecule has 0 radical (unpaired) electrons. The Morgan fingerprint density at radius 3 is 2.35 bits per heavy atom. The SMILES string of the molecule is CCN(CC1CC1)C(=O)[C@@H]1CCC[C@@H]1C(=O)O. The van der Waals surface area contributed by atoms with Crippen molar-refractivity contribution in [3.8, 4) is 0 Å². The molecule has 0 saturated heterocycles. The summed E-state index contributed by atoms with van der Waals surface area (Å²) in [6.45, 7) is 3.52. The third-order valence-corrected chi connectivity index (χ3v) is 4.02. The third kappa shape index (κ3) is 2.79. The van der Waals surface area contributed by atoms with Gasteiger partial charge in [-0.2, -0.15) is 0 Å². The molecule has 0 aromatic carbocycles. The van der Waals surface area contributed by atoms with Crippen molar-refractivity contribution in [1.82, 2.24) is 4.90 Å². The summed E-state index contributed by atoms with van der Waals surface area (Å²) in [6.07, 6.45) is 4.71. The molecule has 17 heavy (non-hydrogen) atoms. The second kappa shape index (κ2) is 5.07. The summed E-state index contributed by atoms with van der Waals surface area (Å²) >= 11 is 0. The average Bonchev–Trinajstić information content (AvgIpc) is 2.97. The van der Waals surface area contributed by atoms with Gasteiger partial charge in [0.15, 0.2) is 0 Å². The van der Waals surface area contributed by atoms with Crippen LogP contribution in [0, 0.1) is 17.8 Å². The van der Waals surface area contributed by atoms with Crippen molar-refractivity contribution < 1.29 is 14.7 Å². The number of hydrogen-bond donors (Lipinski definition) is 1. The number of carbonyl (C=O) groups excluding carboxylic acids is 1. The van der Waals surface area contributed by atoms with Crippen LogP contribution >= 0.6 is 0 Å². The number of carbonyl (C=O) groups is 2. The van der Waals surface area contributed by atoms with Crippen molar-refractivity contribution in [3.63, 3.8) is 0 Å². The first-order chi connectivity index (χ1) is 8.13. The van der Waals surface area contributed by atoms with E-state index in [-0.39, 0.29) is 11.8 Å². The molecule has 2 fully saturated rings. The van der Waals surface area contributed by atoms with Crippen LogP contribution in [0.2, 0.25) is 0 Å². The molecule has 1 N–H and O–H groups in total. The Morgan fingerprint density at radius 1 is 1.18 bits per heavy atom. The predicted octanol–water partition coefficient (Wildman–Crippen LogP) is 1.75. The minimum atomic E-state index is -0.802. The normalized spacial score (nSPS) is 28.1. The van der Waals surface area contributed by atoms with Crippen LogP contribution in [-0.4, -0.2) is 35.0 Å². The van der Waals surface area contributed by atoms with Gasteiger partial charge in [0.25, 0.3) is 0 Å². The monoisotopic (exact) mass is 239 g/mol. The van der Waals surface area contributed by atoms with E-state index in [9.17, 15) is 9.59 Å². The Kier molecular flexibility index (Phi) is 3.69. The van der Waals surface area contributed by atoms with E-state index in [0.717, 1.165) is 19.4 Å². The van der Waals surface area contributed by atoms with Gasteiger partial charge in [-0.3, -0.25) is 9.59 Å². The molecular weight excluding hydrogens is 218 g/mol. The van der Waals surface area contributed by atoms with E-state index < -0.39 is 11.9 Å². The highest BCUT2D eigenvalue weighted by atomic mass is 16.4. The first-order valence-electron chi connectivity index (χ1n) is 6.65. The number of carboxylic acids is 1. The summed E-state index contributed by atoms with van der Waals surface area (Å²) in [5.74, 6) is -0.779. The molecule has 2 aliphatic carbocycles. The van der Waals surface area contributed by atoms with E-state index in [0.29, 0.717) is 18.9 Å². The first-order valence-corrected chi connectivity index (χ1v) is 6.65. The number of rotatable bonds is 5. The molecule has 1 amide bonds. The van der Waals surface area contributed by atoms with Crippen LogP contribution in [0.3, 0.4) is 0 Å². The van der Waals surface area contributed by atoms with Crippen LogP contribution in [0.5, 0.6) is 0 Å². The van der Waals surface area contributed by atoms with Crippen LogP contribution in [0.1, 0.15) is 39.0 Å². The van der Waals surface area contributed by atoms with Gasteiger partial charge in [-0.15, -0.1) is 0 Å². The van der Waals surface area contributed by atoms with E-state index in [1.165, 1.54) is 12.8 Å². The number of carboxylic acid groups (broad SMARTS) is 1. The lowest BCUT2D eigenvalue weighted by atomic mass is 9.94. The zero-order valence-corrected chi connectivity index (χ0v) is 10.4. The highest BCUT2D eigenvalue weighted by Gasteiger charge is 2.40. The molecule has 2 rings (SSSR count). The predicted molar refractivity (Wildman–Crippen MR) is 63.4 cm³/mol. The van der Waals surface area contributed by atoms with Gasteiger partial charge < -0.3 is 10.0 Å². The second-order valence-electron chi connectivity index (χ2n) is 5.30. The smallest absolute Gasteiger partial charge is 0.307 e. The lowest BCUT2D eigenvalue weighted by Crippen LogP contribution is -2.40. The summed E-state index contributed by atoms with van der Waals surface area (Å²) in [5, 5.41) is 9.11. The highest BCUT2D eigenvalue weighted by molar-refractivity contribution is 5.85. The van der Waals surface area contributed by atoms with Crippen LogP contribution in [0.4, 0.5) is 0 Å². The molecule has 2 aliphatic rings. The molecule has 2 atom stereocenters. The van der Waals surface area contributed by atoms with Gasteiger partial charge in [0.2, 0.25) is 5.91 Å². The van der Waals surface area contributed by atoms with E-state index in [2.05, 4.69) is 0 Å². The fraction of sp³-hybridized carbons (Fsp3) is 0.846. The summed E-state index contributed by atoms with van der Waals surface area (Å²) in [6, 6.07) is 0. The zero-order valence-electron chi connectivity index (χ0n) is 10.4. The Morgan fingerprint density at radius 2 is 1.82 bits per heavy atom. The van der Waals surface area contributed by atoms with Crippen LogP contribution < -0.4 is 0 Å². The summed E-state index contributed by atoms with van der Waals surface area (Å²) in [7, 11) is 0. The molecule has 4 nitrogen and oxygen atoms in total. The third-order valence-electron chi connectivity index (χ3n) is 4.02. The maximum Gasteiger partial charge on any atom is 0.307 e. The Hall–Kier alpha value is -1.06. The molecular formula is C13H21NO3. The Balaban J connectivity index is 1.98. The molecule has 0 spiro atoms. The fourth-order valence-electron chi connectivity index (χ4n) is 2.77. The summed E-state index contributed by atoms with van der Waals surface area (Å²) < 4.78 is 0. The lowest BCUT2D eigenvalue weighted by Gasteiger charge is -2.26. The molecule has 2 saturated carbocycles. The number of aliphatic carboxylic acids is 1. The standard InChI is InChI=1S/C13H21NO3/c1-2-14(8-9-6-7-9)12(15)10-4-3-5-11(10)13(16)17/h9-11H,2-8H2,1H3,(H,16,17)/t10-,11+/m1/s1. The van der Waals surface area contributed by atoms with Crippen molar-refractivity contribution in [2.24, 2.45) is 17.8 Å².